The van der Waals surface area contributed by atoms with Crippen LogP contribution in [0.3, 0.4) is 0 Å². The summed E-state index contributed by atoms with van der Waals surface area (Å²) in [5, 5.41) is 22.5. The van der Waals surface area contributed by atoms with Crippen molar-refractivity contribution in [1.82, 2.24) is 30.8 Å². The lowest BCUT2D eigenvalue weighted by Crippen LogP contribution is -2.48. The summed E-state index contributed by atoms with van der Waals surface area (Å²) in [6.45, 7) is 0. The minimum atomic E-state index is -1.15. The zero-order valence-electron chi connectivity index (χ0n) is 18.7. The topological polar surface area (TPSA) is 133 Å². The number of carboxylic acid groups (broad SMARTS) is 1. The Morgan fingerprint density at radius 1 is 0.886 bits per heavy atom. The molecule has 0 saturated heterocycles. The van der Waals surface area contributed by atoms with Crippen LogP contribution in [0.25, 0.3) is 0 Å². The van der Waals surface area contributed by atoms with E-state index >= 15 is 0 Å². The molecule has 10 heteroatoms. The van der Waals surface area contributed by atoms with Crippen molar-refractivity contribution >= 4 is 23.8 Å². The third kappa shape index (κ3) is 6.90. The number of aromatic nitrogens is 4. The Kier molecular flexibility index (Phi) is 8.08. The predicted molar refractivity (Wildman–Crippen MR) is 132 cm³/mol. The molecule has 2 amide bonds. The number of aliphatic carboxylic acids is 1. The normalized spacial score (nSPS) is 11.7. The van der Waals surface area contributed by atoms with Gasteiger partial charge in [-0.3, -0.25) is 10.1 Å². The first-order chi connectivity index (χ1) is 17.1. The highest BCUT2D eigenvalue weighted by Gasteiger charge is 2.24. The number of urea groups is 1. The van der Waals surface area contributed by atoms with Crippen molar-refractivity contribution in [3.05, 3.63) is 108 Å². The average Bonchev–Trinajstić information content (AvgIpc) is 3.41. The smallest absolute Gasteiger partial charge is 0.326 e. The van der Waals surface area contributed by atoms with Crippen molar-refractivity contribution < 1.29 is 14.7 Å². The average molecular weight is 489 g/mol. The lowest BCUT2D eigenvalue weighted by molar-refractivity contribution is -0.139. The van der Waals surface area contributed by atoms with E-state index in [1.165, 1.54) is 18.1 Å². The molecule has 1 unspecified atom stereocenters. The van der Waals surface area contributed by atoms with E-state index in [9.17, 15) is 14.7 Å². The molecule has 2 aromatic heterocycles. The second-order valence-corrected chi connectivity index (χ2v) is 8.63. The molecule has 2 aromatic carbocycles. The number of aromatic amines is 1. The van der Waals surface area contributed by atoms with Gasteiger partial charge in [0.15, 0.2) is 5.16 Å². The molecule has 0 aliphatic carbocycles. The maximum atomic E-state index is 12.9. The van der Waals surface area contributed by atoms with Crippen LogP contribution in [0.5, 0.6) is 0 Å². The Morgan fingerprint density at radius 2 is 1.54 bits per heavy atom. The number of pyridine rings is 1. The van der Waals surface area contributed by atoms with Gasteiger partial charge in [0.2, 0.25) is 0 Å². The molecule has 0 saturated carbocycles. The summed E-state index contributed by atoms with van der Waals surface area (Å²) in [7, 11) is 0. The highest BCUT2D eigenvalue weighted by Crippen LogP contribution is 2.22. The quantitative estimate of drug-likeness (QED) is 0.251. The SMILES string of the molecule is O=C(NC(Cc1cccc(CSc2ncn[nH]2)n1)C(=O)O)NC(c1ccccc1)c1ccccc1. The van der Waals surface area contributed by atoms with Gasteiger partial charge >= 0.3 is 12.0 Å². The fraction of sp³-hybridized carbons (Fsp3) is 0.160. The third-order valence-electron chi connectivity index (χ3n) is 5.17. The molecule has 178 valence electrons. The number of benzene rings is 2. The summed E-state index contributed by atoms with van der Waals surface area (Å²) in [5.74, 6) is -0.593. The van der Waals surface area contributed by atoms with Gasteiger partial charge in [-0.25, -0.2) is 14.6 Å². The Labute approximate surface area is 206 Å². The van der Waals surface area contributed by atoms with Crippen LogP contribution in [0, 0.1) is 0 Å². The number of nitrogens with one attached hydrogen (secondary N) is 3. The molecular weight excluding hydrogens is 464 g/mol. The van der Waals surface area contributed by atoms with Gasteiger partial charge in [0.1, 0.15) is 12.4 Å². The van der Waals surface area contributed by atoms with Crippen LogP contribution in [0.4, 0.5) is 4.79 Å². The molecule has 4 aromatic rings. The molecule has 0 bridgehead atoms. The number of carboxylic acids is 1. The van der Waals surface area contributed by atoms with Crippen molar-refractivity contribution in [2.24, 2.45) is 0 Å². The van der Waals surface area contributed by atoms with E-state index in [-0.39, 0.29) is 6.42 Å². The predicted octanol–water partition coefficient (Wildman–Crippen LogP) is 3.58. The zero-order valence-corrected chi connectivity index (χ0v) is 19.5. The van der Waals surface area contributed by atoms with E-state index in [4.69, 9.17) is 0 Å². The van der Waals surface area contributed by atoms with Crippen molar-refractivity contribution in [1.29, 1.82) is 0 Å². The largest absolute Gasteiger partial charge is 0.480 e. The summed E-state index contributed by atoms with van der Waals surface area (Å²) in [4.78, 5) is 33.4. The number of amides is 2. The standard InChI is InChI=1S/C25H24N6O3S/c32-23(33)21(14-19-12-7-13-20(28-19)15-35-25-26-16-27-31-25)29-24(34)30-22(17-8-3-1-4-9-17)18-10-5-2-6-11-18/h1-13,16,21-22H,14-15H2,(H,32,33)(H,26,27,31)(H2,29,30,34). The second-order valence-electron chi connectivity index (χ2n) is 7.67. The molecule has 9 nitrogen and oxygen atoms in total. The number of carbonyl (C=O) groups is 2. The van der Waals surface area contributed by atoms with Gasteiger partial charge in [-0.2, -0.15) is 5.10 Å². The monoisotopic (exact) mass is 488 g/mol. The fourth-order valence-corrected chi connectivity index (χ4v) is 4.20. The summed E-state index contributed by atoms with van der Waals surface area (Å²) in [5.41, 5.74) is 3.11. The number of carbonyl (C=O) groups excluding carboxylic acids is 1. The molecule has 0 aliphatic rings. The van der Waals surface area contributed by atoms with Crippen LogP contribution in [-0.2, 0) is 17.0 Å². The van der Waals surface area contributed by atoms with Gasteiger partial charge in [0, 0.05) is 17.9 Å². The van der Waals surface area contributed by atoms with Crippen LogP contribution in [0.1, 0.15) is 28.6 Å². The van der Waals surface area contributed by atoms with E-state index in [0.717, 1.165) is 16.8 Å². The van der Waals surface area contributed by atoms with Gasteiger partial charge in [-0.05, 0) is 23.3 Å². The summed E-state index contributed by atoms with van der Waals surface area (Å²) >= 11 is 1.44. The van der Waals surface area contributed by atoms with Crippen LogP contribution in [0.15, 0.2) is 90.3 Å². The highest BCUT2D eigenvalue weighted by atomic mass is 32.2. The maximum absolute atomic E-state index is 12.9. The minimum Gasteiger partial charge on any atom is -0.480 e. The van der Waals surface area contributed by atoms with Crippen LogP contribution in [0.2, 0.25) is 0 Å². The molecular formula is C25H24N6O3S. The molecule has 4 N–H and O–H groups in total. The van der Waals surface area contributed by atoms with E-state index in [1.54, 1.807) is 6.07 Å². The fourth-order valence-electron chi connectivity index (χ4n) is 3.52. The van der Waals surface area contributed by atoms with E-state index in [2.05, 4.69) is 30.8 Å². The molecule has 2 heterocycles. The second kappa shape index (κ2) is 11.8. The molecule has 35 heavy (non-hydrogen) atoms. The van der Waals surface area contributed by atoms with Gasteiger partial charge in [0.25, 0.3) is 0 Å². The molecule has 0 fully saturated rings. The van der Waals surface area contributed by atoms with Crippen molar-refractivity contribution in [2.75, 3.05) is 0 Å². The molecule has 4 rings (SSSR count). The number of H-pyrrole nitrogens is 1. The first-order valence-electron chi connectivity index (χ1n) is 10.9. The molecule has 0 aliphatic heterocycles. The highest BCUT2D eigenvalue weighted by molar-refractivity contribution is 7.98. The number of thioether (sulfide) groups is 1. The lowest BCUT2D eigenvalue weighted by Gasteiger charge is -2.22. The first-order valence-corrected chi connectivity index (χ1v) is 11.9. The number of rotatable bonds is 10. The summed E-state index contributed by atoms with van der Waals surface area (Å²) in [6, 6.07) is 22.3. The molecule has 0 radical (unpaired) electrons. The third-order valence-corrected chi connectivity index (χ3v) is 6.08. The number of hydrogen-bond acceptors (Lipinski definition) is 6. The minimum absolute atomic E-state index is 0.0465. The number of nitrogens with zero attached hydrogens (tertiary/aromatic N) is 3. The van der Waals surface area contributed by atoms with Gasteiger partial charge in [0.05, 0.1) is 11.7 Å². The lowest BCUT2D eigenvalue weighted by atomic mass is 9.99. The molecule has 0 spiro atoms. The number of hydrogen-bond donors (Lipinski definition) is 4. The van der Waals surface area contributed by atoms with Gasteiger partial charge in [-0.15, -0.1) is 0 Å². The first kappa shape index (κ1) is 24.0. The Hall–Kier alpha value is -4.18. The van der Waals surface area contributed by atoms with E-state index < -0.39 is 24.1 Å². The summed E-state index contributed by atoms with van der Waals surface area (Å²) < 4.78 is 0. The van der Waals surface area contributed by atoms with Crippen LogP contribution < -0.4 is 10.6 Å². The van der Waals surface area contributed by atoms with Crippen LogP contribution in [-0.4, -0.2) is 43.3 Å². The molecule has 1 atom stereocenters. The van der Waals surface area contributed by atoms with Gasteiger partial charge < -0.3 is 15.7 Å². The van der Waals surface area contributed by atoms with Gasteiger partial charge in [-0.1, -0.05) is 78.5 Å². The summed E-state index contributed by atoms with van der Waals surface area (Å²) in [6.07, 6.45) is 1.48. The van der Waals surface area contributed by atoms with Crippen molar-refractivity contribution in [2.45, 2.75) is 29.4 Å². The van der Waals surface area contributed by atoms with E-state index in [1.807, 2.05) is 72.8 Å². The maximum Gasteiger partial charge on any atom is 0.326 e. The Balaban J connectivity index is 1.42. The van der Waals surface area contributed by atoms with Crippen LogP contribution >= 0.6 is 11.8 Å². The van der Waals surface area contributed by atoms with Crippen molar-refractivity contribution in [3.8, 4) is 0 Å². The zero-order chi connectivity index (χ0) is 24.5. The van der Waals surface area contributed by atoms with Crippen molar-refractivity contribution in [3.63, 3.8) is 0 Å². The Morgan fingerprint density at radius 3 is 2.14 bits per heavy atom. The van der Waals surface area contributed by atoms with E-state index in [0.29, 0.717) is 16.6 Å². The Bertz CT molecular complexity index is 1200.